The molecule has 0 aliphatic carbocycles. The molecule has 1 aromatic carbocycles. The number of aliphatic carboxylic acids is 1. The number of aromatic hydroxyl groups is 1. The number of nitrogens with one attached hydrogen (secondary N) is 1. The highest BCUT2D eigenvalue weighted by Crippen LogP contribution is 2.42. The monoisotopic (exact) mass is 255 g/mol. The molecule has 5 nitrogen and oxygen atoms in total. The van der Waals surface area contributed by atoms with Gasteiger partial charge in [-0.3, -0.25) is 10.1 Å². The van der Waals surface area contributed by atoms with Crippen LogP contribution >= 0.6 is 11.8 Å². The van der Waals surface area contributed by atoms with Gasteiger partial charge in [-0.05, 0) is 6.07 Å². The molecule has 0 spiro atoms. The van der Waals surface area contributed by atoms with Crippen molar-refractivity contribution < 1.29 is 19.7 Å². The van der Waals surface area contributed by atoms with Gasteiger partial charge in [0.15, 0.2) is 11.5 Å². The summed E-state index contributed by atoms with van der Waals surface area (Å²) in [7, 11) is 1.48. The predicted molar refractivity (Wildman–Crippen MR) is 64.4 cm³/mol. The maximum absolute atomic E-state index is 10.8. The van der Waals surface area contributed by atoms with Crippen LogP contribution in [0.15, 0.2) is 18.2 Å². The van der Waals surface area contributed by atoms with Gasteiger partial charge in [0.1, 0.15) is 5.25 Å². The van der Waals surface area contributed by atoms with Crippen LogP contribution in [0.3, 0.4) is 0 Å². The van der Waals surface area contributed by atoms with Gasteiger partial charge < -0.3 is 14.9 Å². The van der Waals surface area contributed by atoms with Crippen molar-refractivity contribution >= 4 is 17.7 Å². The molecule has 2 atom stereocenters. The van der Waals surface area contributed by atoms with E-state index in [1.165, 1.54) is 18.9 Å². The van der Waals surface area contributed by atoms with Crippen LogP contribution in [0.5, 0.6) is 11.5 Å². The van der Waals surface area contributed by atoms with Crippen LogP contribution in [0.25, 0.3) is 0 Å². The van der Waals surface area contributed by atoms with Crippen molar-refractivity contribution in [1.82, 2.24) is 5.32 Å². The van der Waals surface area contributed by atoms with Gasteiger partial charge in [0.2, 0.25) is 0 Å². The molecule has 2 rings (SSSR count). The summed E-state index contributed by atoms with van der Waals surface area (Å²) in [4.78, 5) is 10.8. The fourth-order valence-corrected chi connectivity index (χ4v) is 2.89. The Bertz CT molecular complexity index is 437. The second-order valence-electron chi connectivity index (χ2n) is 3.65. The summed E-state index contributed by atoms with van der Waals surface area (Å²) in [6.07, 6.45) is 0. The molecule has 0 radical (unpaired) electrons. The Kier molecular flexibility index (Phi) is 3.44. The zero-order valence-corrected chi connectivity index (χ0v) is 10.0. The van der Waals surface area contributed by atoms with Crippen LogP contribution in [0.2, 0.25) is 0 Å². The third kappa shape index (κ3) is 2.32. The minimum Gasteiger partial charge on any atom is -0.504 e. The highest BCUT2D eigenvalue weighted by Gasteiger charge is 2.32. The number of methoxy groups -OCH3 is 1. The predicted octanol–water partition coefficient (Wildman–Crippen LogP) is 1.19. The maximum atomic E-state index is 10.8. The number of carboxylic acids is 1. The lowest BCUT2D eigenvalue weighted by molar-refractivity contribution is -0.136. The van der Waals surface area contributed by atoms with Crippen molar-refractivity contribution in [2.24, 2.45) is 0 Å². The third-order valence-electron chi connectivity index (χ3n) is 2.60. The molecule has 3 N–H and O–H groups in total. The first-order valence-corrected chi connectivity index (χ1v) is 6.05. The standard InChI is InChI=1S/C11H13NO4S/c1-16-7-4-2-3-6(9(7)13)10-12-5-8(17-10)11(14)15/h2-4,8,10,12-13H,5H2,1H3,(H,14,15)/t8-,10-/m0/s1. The lowest BCUT2D eigenvalue weighted by Gasteiger charge is -2.14. The normalized spacial score (nSPS) is 23.6. The average molecular weight is 255 g/mol. The highest BCUT2D eigenvalue weighted by atomic mass is 32.2. The Hall–Kier alpha value is -1.40. The Balaban J connectivity index is 2.22. The summed E-state index contributed by atoms with van der Waals surface area (Å²) in [6.45, 7) is 0.390. The van der Waals surface area contributed by atoms with Crippen molar-refractivity contribution in [3.05, 3.63) is 23.8 Å². The van der Waals surface area contributed by atoms with E-state index < -0.39 is 11.2 Å². The molecular formula is C11H13NO4S. The number of rotatable bonds is 3. The van der Waals surface area contributed by atoms with E-state index in [4.69, 9.17) is 9.84 Å². The second kappa shape index (κ2) is 4.85. The number of ether oxygens (including phenoxy) is 1. The SMILES string of the molecule is COc1cccc([C@H]2NC[C@@H](C(=O)O)S2)c1O. The van der Waals surface area contributed by atoms with E-state index in [2.05, 4.69) is 5.32 Å². The van der Waals surface area contributed by atoms with Crippen LogP contribution in [0.1, 0.15) is 10.9 Å². The number of benzene rings is 1. The molecular weight excluding hydrogens is 242 g/mol. The van der Waals surface area contributed by atoms with Gasteiger partial charge >= 0.3 is 5.97 Å². The maximum Gasteiger partial charge on any atom is 0.318 e. The van der Waals surface area contributed by atoms with E-state index in [0.717, 1.165) is 0 Å². The minimum absolute atomic E-state index is 0.0611. The van der Waals surface area contributed by atoms with Gasteiger partial charge in [0, 0.05) is 12.1 Å². The van der Waals surface area contributed by atoms with Crippen molar-refractivity contribution in [2.45, 2.75) is 10.6 Å². The zero-order chi connectivity index (χ0) is 12.4. The Morgan fingerprint density at radius 2 is 2.35 bits per heavy atom. The zero-order valence-electron chi connectivity index (χ0n) is 9.21. The van der Waals surface area contributed by atoms with Crippen molar-refractivity contribution in [3.63, 3.8) is 0 Å². The number of phenols is 1. The van der Waals surface area contributed by atoms with Gasteiger partial charge in [-0.2, -0.15) is 0 Å². The molecule has 0 amide bonds. The molecule has 1 fully saturated rings. The number of carboxylic acid groups (broad SMARTS) is 1. The van der Waals surface area contributed by atoms with Gasteiger partial charge in [-0.15, -0.1) is 11.8 Å². The van der Waals surface area contributed by atoms with Gasteiger partial charge in [-0.25, -0.2) is 0 Å². The van der Waals surface area contributed by atoms with E-state index in [-0.39, 0.29) is 11.1 Å². The molecule has 1 heterocycles. The summed E-state index contributed by atoms with van der Waals surface area (Å²) >= 11 is 1.28. The number of phenolic OH excluding ortho intramolecular Hbond substituents is 1. The Morgan fingerprint density at radius 3 is 2.94 bits per heavy atom. The quantitative estimate of drug-likeness (QED) is 0.753. The molecule has 1 aromatic rings. The number of thioether (sulfide) groups is 1. The minimum atomic E-state index is -0.840. The lowest BCUT2D eigenvalue weighted by atomic mass is 10.2. The van der Waals surface area contributed by atoms with E-state index in [9.17, 15) is 9.90 Å². The van der Waals surface area contributed by atoms with Gasteiger partial charge in [0.05, 0.1) is 12.5 Å². The molecule has 0 aromatic heterocycles. The smallest absolute Gasteiger partial charge is 0.318 e. The van der Waals surface area contributed by atoms with Crippen molar-refractivity contribution in [2.75, 3.05) is 13.7 Å². The molecule has 1 aliphatic rings. The van der Waals surface area contributed by atoms with Gasteiger partial charge in [0.25, 0.3) is 0 Å². The number of carbonyl (C=O) groups is 1. The number of hydrogen-bond donors (Lipinski definition) is 3. The molecule has 17 heavy (non-hydrogen) atoms. The fraction of sp³-hybridized carbons (Fsp3) is 0.364. The number of para-hydroxylation sites is 1. The largest absolute Gasteiger partial charge is 0.504 e. The first-order chi connectivity index (χ1) is 8.13. The molecule has 92 valence electrons. The van der Waals surface area contributed by atoms with Crippen LogP contribution in [-0.2, 0) is 4.79 Å². The summed E-state index contributed by atoms with van der Waals surface area (Å²) < 4.78 is 5.02. The van der Waals surface area contributed by atoms with Crippen LogP contribution in [0, 0.1) is 0 Å². The van der Waals surface area contributed by atoms with Crippen molar-refractivity contribution in [1.29, 1.82) is 0 Å². The molecule has 0 unspecified atom stereocenters. The first kappa shape index (κ1) is 12.1. The average Bonchev–Trinajstić information content (AvgIpc) is 2.78. The molecule has 0 saturated carbocycles. The van der Waals surface area contributed by atoms with Crippen molar-refractivity contribution in [3.8, 4) is 11.5 Å². The second-order valence-corrected chi connectivity index (χ2v) is 4.96. The summed E-state index contributed by atoms with van der Waals surface area (Å²) in [5.41, 5.74) is 0.651. The topological polar surface area (TPSA) is 78.8 Å². The Labute approximate surface area is 103 Å². The number of hydrogen-bond acceptors (Lipinski definition) is 5. The highest BCUT2D eigenvalue weighted by molar-refractivity contribution is 8.01. The molecule has 1 aliphatic heterocycles. The third-order valence-corrected chi connectivity index (χ3v) is 3.99. The van der Waals surface area contributed by atoms with E-state index in [1.807, 2.05) is 0 Å². The Morgan fingerprint density at radius 1 is 1.59 bits per heavy atom. The van der Waals surface area contributed by atoms with E-state index in [1.54, 1.807) is 18.2 Å². The molecule has 0 bridgehead atoms. The van der Waals surface area contributed by atoms with Crippen LogP contribution in [-0.4, -0.2) is 35.1 Å². The first-order valence-electron chi connectivity index (χ1n) is 5.11. The van der Waals surface area contributed by atoms with Gasteiger partial charge in [-0.1, -0.05) is 12.1 Å². The lowest BCUT2D eigenvalue weighted by Crippen LogP contribution is -2.21. The van der Waals surface area contributed by atoms with E-state index in [0.29, 0.717) is 17.9 Å². The molecule has 6 heteroatoms. The fourth-order valence-electron chi connectivity index (χ4n) is 1.72. The van der Waals surface area contributed by atoms with Crippen LogP contribution in [0.4, 0.5) is 0 Å². The molecule has 1 saturated heterocycles. The summed E-state index contributed by atoms with van der Waals surface area (Å²) in [5.74, 6) is -0.387. The summed E-state index contributed by atoms with van der Waals surface area (Å²) in [5, 5.41) is 21.2. The van der Waals surface area contributed by atoms with Crippen LogP contribution < -0.4 is 10.1 Å². The summed E-state index contributed by atoms with van der Waals surface area (Å²) in [6, 6.07) is 5.18. The van der Waals surface area contributed by atoms with E-state index >= 15 is 0 Å².